The zero-order valence-corrected chi connectivity index (χ0v) is 16.5. The van der Waals surface area contributed by atoms with Crippen molar-refractivity contribution in [3.05, 3.63) is 34.9 Å². The van der Waals surface area contributed by atoms with E-state index in [1.165, 1.54) is 4.90 Å². The van der Waals surface area contributed by atoms with Gasteiger partial charge in [-0.05, 0) is 50.3 Å². The number of sulfonamides is 1. The molecule has 2 aliphatic rings. The lowest BCUT2D eigenvalue weighted by molar-refractivity contribution is -0.158. The summed E-state index contributed by atoms with van der Waals surface area (Å²) in [7, 11) is -3.67. The molecule has 0 bridgehead atoms. The highest BCUT2D eigenvalue weighted by atomic mass is 35.5. The first-order valence-corrected chi connectivity index (χ1v) is 10.8. The summed E-state index contributed by atoms with van der Waals surface area (Å²) in [4.78, 5) is 27.3. The number of halogens is 1. The Morgan fingerprint density at radius 3 is 2.27 bits per heavy atom. The average molecular weight is 399 g/mol. The molecular weight excluding hydrogens is 376 g/mol. The summed E-state index contributed by atoms with van der Waals surface area (Å²) in [6, 6.07) is 7.19. The molecule has 2 amide bonds. The third-order valence-corrected chi connectivity index (χ3v) is 7.12. The maximum atomic E-state index is 13.2. The minimum Gasteiger partial charge on any atom is -0.327 e. The van der Waals surface area contributed by atoms with Gasteiger partial charge in [0.05, 0.1) is 11.2 Å². The van der Waals surface area contributed by atoms with Crippen LogP contribution in [0.1, 0.15) is 45.1 Å². The number of carbonyl (C=O) groups is 2. The first-order valence-electron chi connectivity index (χ1n) is 8.78. The number of benzene rings is 1. The number of hydrogen-bond acceptors (Lipinski definition) is 4. The number of carbonyl (C=O) groups excluding carboxylic acids is 2. The highest BCUT2D eigenvalue weighted by Crippen LogP contribution is 2.52. The van der Waals surface area contributed by atoms with Crippen molar-refractivity contribution in [3.8, 4) is 0 Å². The van der Waals surface area contributed by atoms with Gasteiger partial charge in [0.15, 0.2) is 0 Å². The third-order valence-electron chi connectivity index (χ3n) is 5.43. The van der Waals surface area contributed by atoms with Crippen LogP contribution in [-0.4, -0.2) is 43.0 Å². The summed E-state index contributed by atoms with van der Waals surface area (Å²) in [6.45, 7) is 3.81. The van der Waals surface area contributed by atoms with Crippen LogP contribution in [0.15, 0.2) is 24.3 Å². The number of hydrogen-bond donors (Lipinski definition) is 1. The lowest BCUT2D eigenvalue weighted by Gasteiger charge is -2.50. The zero-order chi connectivity index (χ0) is 19.2. The molecule has 26 heavy (non-hydrogen) atoms. The normalized spacial score (nSPS) is 23.9. The van der Waals surface area contributed by atoms with Gasteiger partial charge >= 0.3 is 0 Å². The summed E-state index contributed by atoms with van der Waals surface area (Å²) in [5, 5.41) is 0.603. The van der Waals surface area contributed by atoms with E-state index in [4.69, 9.17) is 11.6 Å². The van der Waals surface area contributed by atoms with Crippen LogP contribution in [-0.2, 0) is 25.0 Å². The second-order valence-corrected chi connectivity index (χ2v) is 9.60. The number of nitrogens with zero attached hydrogens (tertiary/aromatic N) is 1. The van der Waals surface area contributed by atoms with Crippen molar-refractivity contribution in [2.75, 3.05) is 12.3 Å². The highest BCUT2D eigenvalue weighted by molar-refractivity contribution is 7.90. The van der Waals surface area contributed by atoms with Gasteiger partial charge in [0.2, 0.25) is 15.9 Å². The Bertz CT molecular complexity index is 833. The maximum Gasteiger partial charge on any atom is 0.259 e. The van der Waals surface area contributed by atoms with Crippen LogP contribution in [0.4, 0.5) is 0 Å². The van der Waals surface area contributed by atoms with Crippen LogP contribution in [0.2, 0.25) is 5.02 Å². The van der Waals surface area contributed by atoms with Gasteiger partial charge in [0.1, 0.15) is 5.54 Å². The second kappa shape index (κ2) is 6.53. The molecule has 0 radical (unpaired) electrons. The molecular formula is C18H23ClN2O4S. The molecule has 6 nitrogen and oxygen atoms in total. The summed E-state index contributed by atoms with van der Waals surface area (Å²) in [6.07, 6.45) is 2.30. The maximum absolute atomic E-state index is 13.2. The Balaban J connectivity index is 1.78. The van der Waals surface area contributed by atoms with Crippen LogP contribution < -0.4 is 4.72 Å². The minimum absolute atomic E-state index is 0.114. The van der Waals surface area contributed by atoms with Crippen molar-refractivity contribution < 1.29 is 18.0 Å². The number of likely N-dealkylation sites (tertiary alicyclic amines) is 1. The highest BCUT2D eigenvalue weighted by Gasteiger charge is 2.60. The van der Waals surface area contributed by atoms with Gasteiger partial charge in [-0.1, -0.05) is 30.7 Å². The van der Waals surface area contributed by atoms with Gasteiger partial charge in [0.25, 0.3) is 5.91 Å². The second-order valence-electron chi connectivity index (χ2n) is 7.32. The molecule has 8 heteroatoms. The van der Waals surface area contributed by atoms with Gasteiger partial charge in [-0.2, -0.15) is 0 Å². The van der Waals surface area contributed by atoms with Crippen molar-refractivity contribution in [1.29, 1.82) is 0 Å². The molecule has 1 heterocycles. The van der Waals surface area contributed by atoms with Crippen LogP contribution >= 0.6 is 11.6 Å². The predicted molar refractivity (Wildman–Crippen MR) is 99.3 cm³/mol. The molecule has 142 valence electrons. The summed E-state index contributed by atoms with van der Waals surface area (Å²) in [5.41, 5.74) is -0.852. The molecule has 1 aliphatic carbocycles. The Morgan fingerprint density at radius 2 is 1.81 bits per heavy atom. The molecule has 1 N–H and O–H groups in total. The fourth-order valence-corrected chi connectivity index (χ4v) is 4.74. The van der Waals surface area contributed by atoms with Gasteiger partial charge in [-0.25, -0.2) is 8.42 Å². The topological polar surface area (TPSA) is 83.6 Å². The van der Waals surface area contributed by atoms with Crippen molar-refractivity contribution in [2.24, 2.45) is 0 Å². The Labute approximate surface area is 158 Å². The Hall–Kier alpha value is -1.60. The molecule has 1 aromatic carbocycles. The molecule has 1 saturated carbocycles. The van der Waals surface area contributed by atoms with Crippen LogP contribution in [0.5, 0.6) is 0 Å². The summed E-state index contributed by atoms with van der Waals surface area (Å²) < 4.78 is 26.0. The van der Waals surface area contributed by atoms with Gasteiger partial charge < -0.3 is 4.90 Å². The molecule has 3 rings (SSSR count). The van der Waals surface area contributed by atoms with Crippen LogP contribution in [0.25, 0.3) is 0 Å². The standard InChI is InChI=1S/C18H23ClN2O4S/c1-3-12-26(24,25)20-15(22)17(2)10-11-21(17)16(23)18(8-9-18)13-4-6-14(19)7-5-13/h4-7H,3,8-12H2,1-2H3,(H,20,22). The smallest absolute Gasteiger partial charge is 0.259 e. The lowest BCUT2D eigenvalue weighted by atomic mass is 9.82. The number of nitrogens with one attached hydrogen (secondary N) is 1. The molecule has 0 spiro atoms. The van der Waals surface area contributed by atoms with Crippen molar-refractivity contribution in [3.63, 3.8) is 0 Å². The molecule has 1 aliphatic heterocycles. The molecule has 0 aromatic heterocycles. The van der Waals surface area contributed by atoms with Crippen molar-refractivity contribution >= 4 is 33.4 Å². The van der Waals surface area contributed by atoms with E-state index in [0.717, 1.165) is 18.4 Å². The van der Waals surface area contributed by atoms with E-state index < -0.39 is 26.9 Å². The van der Waals surface area contributed by atoms with E-state index in [1.54, 1.807) is 26.0 Å². The Kier molecular flexibility index (Phi) is 4.82. The van der Waals surface area contributed by atoms with Crippen molar-refractivity contribution in [1.82, 2.24) is 9.62 Å². The largest absolute Gasteiger partial charge is 0.327 e. The fourth-order valence-electron chi connectivity index (χ4n) is 3.47. The predicted octanol–water partition coefficient (Wildman–Crippen LogP) is 2.22. The van der Waals surface area contributed by atoms with E-state index in [-0.39, 0.29) is 11.7 Å². The van der Waals surface area contributed by atoms with E-state index in [9.17, 15) is 18.0 Å². The zero-order valence-electron chi connectivity index (χ0n) is 14.9. The third kappa shape index (κ3) is 3.22. The Morgan fingerprint density at radius 1 is 1.19 bits per heavy atom. The summed E-state index contributed by atoms with van der Waals surface area (Å²) in [5.74, 6) is -0.855. The van der Waals surface area contributed by atoms with Crippen molar-refractivity contribution in [2.45, 2.75) is 50.5 Å². The quantitative estimate of drug-likeness (QED) is 0.796. The molecule has 1 unspecified atom stereocenters. The van der Waals surface area contributed by atoms with Gasteiger partial charge in [-0.3, -0.25) is 14.3 Å². The molecule has 2 fully saturated rings. The fraction of sp³-hybridized carbons (Fsp3) is 0.556. The molecule has 1 atom stereocenters. The molecule has 1 aromatic rings. The van der Waals surface area contributed by atoms with Gasteiger partial charge in [-0.15, -0.1) is 0 Å². The number of rotatable bonds is 6. The lowest BCUT2D eigenvalue weighted by Crippen LogP contribution is -2.69. The van der Waals surface area contributed by atoms with Gasteiger partial charge in [0, 0.05) is 11.6 Å². The summed E-state index contributed by atoms with van der Waals surface area (Å²) >= 11 is 5.93. The van der Waals surface area contributed by atoms with E-state index in [1.807, 2.05) is 12.1 Å². The van der Waals surface area contributed by atoms with Crippen LogP contribution in [0.3, 0.4) is 0 Å². The number of amides is 2. The molecule has 1 saturated heterocycles. The van der Waals surface area contributed by atoms with Crippen LogP contribution in [0, 0.1) is 0 Å². The first-order chi connectivity index (χ1) is 12.1. The van der Waals surface area contributed by atoms with E-state index in [0.29, 0.717) is 24.4 Å². The SMILES string of the molecule is CCCS(=O)(=O)NC(=O)C1(C)CCN1C(=O)C1(c2ccc(Cl)cc2)CC1. The first kappa shape index (κ1) is 19.2. The van der Waals surface area contributed by atoms with E-state index in [2.05, 4.69) is 4.72 Å². The average Bonchev–Trinajstić information content (AvgIpc) is 3.35. The van der Waals surface area contributed by atoms with E-state index >= 15 is 0 Å². The monoisotopic (exact) mass is 398 g/mol. The minimum atomic E-state index is -3.67.